The molecule has 1 fully saturated rings. The van der Waals surface area contributed by atoms with Crippen molar-refractivity contribution in [2.24, 2.45) is 11.7 Å². The van der Waals surface area contributed by atoms with Crippen LogP contribution in [0.5, 0.6) is 0 Å². The van der Waals surface area contributed by atoms with Crippen LogP contribution in [0.1, 0.15) is 70.9 Å². The average molecular weight is 381 g/mol. The Balaban J connectivity index is 0.00000338. The van der Waals surface area contributed by atoms with Crippen LogP contribution in [-0.2, 0) is 16.6 Å². The number of unbranched alkanes of at least 4 members (excludes halogenated alkanes) is 1. The van der Waals surface area contributed by atoms with Crippen molar-refractivity contribution >= 4 is 18.3 Å². The molecule has 1 aromatic carbocycles. The fourth-order valence-electron chi connectivity index (χ4n) is 3.61. The first-order chi connectivity index (χ1) is 11.8. The number of benzene rings is 1. The van der Waals surface area contributed by atoms with E-state index >= 15 is 0 Å². The number of nitrogens with two attached hydrogens (primary N) is 1. The summed E-state index contributed by atoms with van der Waals surface area (Å²) in [5.74, 6) is 0.909. The molecule has 1 atom stereocenters. The average Bonchev–Trinajstić information content (AvgIpc) is 2.58. The van der Waals surface area contributed by atoms with Gasteiger partial charge in [0, 0.05) is 25.6 Å². The number of carbonyl (C=O) groups excluding carboxylic acids is 1. The third-order valence-corrected chi connectivity index (χ3v) is 5.56. The minimum atomic E-state index is 0. The topological polar surface area (TPSA) is 46.3 Å². The second-order valence-corrected chi connectivity index (χ2v) is 8.73. The van der Waals surface area contributed by atoms with Crippen molar-refractivity contribution in [3.05, 3.63) is 35.4 Å². The molecule has 1 aliphatic heterocycles. The first-order valence-corrected chi connectivity index (χ1v) is 9.90. The molecule has 3 nitrogen and oxygen atoms in total. The third kappa shape index (κ3) is 6.92. The number of rotatable bonds is 6. The lowest BCUT2D eigenvalue weighted by molar-refractivity contribution is -0.132. The molecule has 1 aliphatic rings. The summed E-state index contributed by atoms with van der Waals surface area (Å²) in [5.41, 5.74) is 8.93. The lowest BCUT2D eigenvalue weighted by atomic mass is 9.86. The van der Waals surface area contributed by atoms with Crippen LogP contribution in [0, 0.1) is 5.92 Å². The van der Waals surface area contributed by atoms with Gasteiger partial charge in [0.1, 0.15) is 0 Å². The van der Waals surface area contributed by atoms with E-state index in [0.29, 0.717) is 18.2 Å². The summed E-state index contributed by atoms with van der Waals surface area (Å²) >= 11 is 0. The number of aryl methyl sites for hydroxylation is 1. The predicted octanol–water partition coefficient (Wildman–Crippen LogP) is 4.70. The number of amides is 1. The lowest BCUT2D eigenvalue weighted by Gasteiger charge is -2.33. The highest BCUT2D eigenvalue weighted by Gasteiger charge is 2.24. The number of hydrogen-bond acceptors (Lipinski definition) is 2. The maximum atomic E-state index is 12.3. The molecule has 26 heavy (non-hydrogen) atoms. The van der Waals surface area contributed by atoms with Crippen LogP contribution in [0.15, 0.2) is 24.3 Å². The first kappa shape index (κ1) is 23.0. The zero-order valence-electron chi connectivity index (χ0n) is 17.0. The Morgan fingerprint density at radius 1 is 1.15 bits per heavy atom. The quantitative estimate of drug-likeness (QED) is 0.726. The van der Waals surface area contributed by atoms with E-state index in [0.717, 1.165) is 45.2 Å². The van der Waals surface area contributed by atoms with Gasteiger partial charge < -0.3 is 10.6 Å². The Bertz CT molecular complexity index is 540. The summed E-state index contributed by atoms with van der Waals surface area (Å²) in [6.07, 6.45) is 5.92. The van der Waals surface area contributed by atoms with E-state index in [1.54, 1.807) is 0 Å². The second kappa shape index (κ2) is 10.3. The van der Waals surface area contributed by atoms with Gasteiger partial charge in [-0.3, -0.25) is 4.79 Å². The van der Waals surface area contributed by atoms with Crippen molar-refractivity contribution in [2.75, 3.05) is 13.1 Å². The molecule has 2 N–H and O–H groups in total. The van der Waals surface area contributed by atoms with Gasteiger partial charge in [0.2, 0.25) is 5.91 Å². The molecule has 1 aromatic rings. The number of hydrogen-bond donors (Lipinski definition) is 1. The van der Waals surface area contributed by atoms with Gasteiger partial charge in [-0.15, -0.1) is 12.4 Å². The Labute approximate surface area is 166 Å². The highest BCUT2D eigenvalue weighted by atomic mass is 35.5. The molecule has 1 unspecified atom stereocenters. The van der Waals surface area contributed by atoms with E-state index in [-0.39, 0.29) is 23.9 Å². The number of piperidine rings is 1. The van der Waals surface area contributed by atoms with E-state index in [2.05, 4.69) is 52.0 Å². The van der Waals surface area contributed by atoms with Gasteiger partial charge in [-0.1, -0.05) is 45.0 Å². The van der Waals surface area contributed by atoms with Gasteiger partial charge in [0.25, 0.3) is 0 Å². The van der Waals surface area contributed by atoms with Crippen molar-refractivity contribution < 1.29 is 4.79 Å². The zero-order chi connectivity index (χ0) is 18.4. The largest absolute Gasteiger partial charge is 0.343 e. The van der Waals surface area contributed by atoms with Crippen LogP contribution in [0.3, 0.4) is 0 Å². The summed E-state index contributed by atoms with van der Waals surface area (Å²) in [5, 5.41) is 0. The predicted molar refractivity (Wildman–Crippen MR) is 113 cm³/mol. The standard InChI is InChI=1S/C22H36N2O.ClH/c1-17(23)19-13-15-24(16-14-19)21(25)8-6-5-7-18-9-11-20(12-10-18)22(2,3)4;/h9-12,17,19H,5-8,13-16,23H2,1-4H3;1H. The van der Waals surface area contributed by atoms with Gasteiger partial charge >= 0.3 is 0 Å². The summed E-state index contributed by atoms with van der Waals surface area (Å²) in [7, 11) is 0. The molecular weight excluding hydrogens is 344 g/mol. The minimum Gasteiger partial charge on any atom is -0.343 e. The molecular formula is C22H37ClN2O. The molecule has 0 bridgehead atoms. The molecule has 2 rings (SSSR count). The van der Waals surface area contributed by atoms with E-state index in [1.807, 2.05) is 4.90 Å². The van der Waals surface area contributed by atoms with Crippen molar-refractivity contribution in [1.29, 1.82) is 0 Å². The maximum absolute atomic E-state index is 12.3. The van der Waals surface area contributed by atoms with Crippen LogP contribution in [0.4, 0.5) is 0 Å². The van der Waals surface area contributed by atoms with Crippen LogP contribution in [-0.4, -0.2) is 29.9 Å². The van der Waals surface area contributed by atoms with Gasteiger partial charge in [-0.05, 0) is 61.5 Å². The zero-order valence-corrected chi connectivity index (χ0v) is 17.8. The van der Waals surface area contributed by atoms with E-state index in [4.69, 9.17) is 5.73 Å². The minimum absolute atomic E-state index is 0. The Kier molecular flexibility index (Phi) is 9.12. The SMILES string of the molecule is CC(N)C1CCN(C(=O)CCCCc2ccc(C(C)(C)C)cc2)CC1.Cl. The normalized spacial score (nSPS) is 16.9. The number of carbonyl (C=O) groups is 1. The first-order valence-electron chi connectivity index (χ1n) is 9.90. The molecule has 1 heterocycles. The van der Waals surface area contributed by atoms with Crippen LogP contribution < -0.4 is 5.73 Å². The fraction of sp³-hybridized carbons (Fsp3) is 0.682. The van der Waals surface area contributed by atoms with E-state index in [9.17, 15) is 4.79 Å². The molecule has 148 valence electrons. The highest BCUT2D eigenvalue weighted by Crippen LogP contribution is 2.23. The van der Waals surface area contributed by atoms with Crippen LogP contribution >= 0.6 is 12.4 Å². The second-order valence-electron chi connectivity index (χ2n) is 8.73. The van der Waals surface area contributed by atoms with Crippen LogP contribution in [0.2, 0.25) is 0 Å². The molecule has 0 aromatic heterocycles. The molecule has 0 spiro atoms. The molecule has 4 heteroatoms. The Hall–Kier alpha value is -1.06. The third-order valence-electron chi connectivity index (χ3n) is 5.56. The van der Waals surface area contributed by atoms with E-state index in [1.165, 1.54) is 11.1 Å². The summed E-state index contributed by atoms with van der Waals surface area (Å²) in [6, 6.07) is 9.20. The van der Waals surface area contributed by atoms with Gasteiger partial charge in [0.05, 0.1) is 0 Å². The fourth-order valence-corrected chi connectivity index (χ4v) is 3.61. The molecule has 0 saturated carbocycles. The van der Waals surface area contributed by atoms with Crippen molar-refractivity contribution in [3.8, 4) is 0 Å². The van der Waals surface area contributed by atoms with E-state index < -0.39 is 0 Å². The lowest BCUT2D eigenvalue weighted by Crippen LogP contribution is -2.42. The van der Waals surface area contributed by atoms with Gasteiger partial charge in [0.15, 0.2) is 0 Å². The molecule has 1 saturated heterocycles. The number of nitrogens with zero attached hydrogens (tertiary/aromatic N) is 1. The van der Waals surface area contributed by atoms with Crippen LogP contribution in [0.25, 0.3) is 0 Å². The number of likely N-dealkylation sites (tertiary alicyclic amines) is 1. The smallest absolute Gasteiger partial charge is 0.222 e. The summed E-state index contributed by atoms with van der Waals surface area (Å²) in [6.45, 7) is 10.6. The molecule has 0 aliphatic carbocycles. The van der Waals surface area contributed by atoms with Gasteiger partial charge in [-0.2, -0.15) is 0 Å². The van der Waals surface area contributed by atoms with Gasteiger partial charge in [-0.25, -0.2) is 0 Å². The summed E-state index contributed by atoms with van der Waals surface area (Å²) in [4.78, 5) is 14.4. The molecule has 1 amide bonds. The highest BCUT2D eigenvalue weighted by molar-refractivity contribution is 5.85. The Morgan fingerprint density at radius 3 is 2.23 bits per heavy atom. The molecule has 0 radical (unpaired) electrons. The maximum Gasteiger partial charge on any atom is 0.222 e. The van der Waals surface area contributed by atoms with Crippen molar-refractivity contribution in [3.63, 3.8) is 0 Å². The number of halogens is 1. The monoisotopic (exact) mass is 380 g/mol. The Morgan fingerprint density at radius 2 is 1.73 bits per heavy atom. The summed E-state index contributed by atoms with van der Waals surface area (Å²) < 4.78 is 0. The van der Waals surface area contributed by atoms with Crippen molar-refractivity contribution in [2.45, 2.75) is 77.7 Å². The van der Waals surface area contributed by atoms with Crippen molar-refractivity contribution in [1.82, 2.24) is 4.90 Å².